The van der Waals surface area contributed by atoms with Gasteiger partial charge in [0.2, 0.25) is 5.91 Å². The van der Waals surface area contributed by atoms with Gasteiger partial charge in [0.25, 0.3) is 0 Å². The highest BCUT2D eigenvalue weighted by molar-refractivity contribution is 5.83. The number of hydrogen-bond acceptors (Lipinski definition) is 2. The van der Waals surface area contributed by atoms with Gasteiger partial charge in [-0.15, -0.1) is 0 Å². The molecule has 102 valence electrons. The molecule has 1 saturated carbocycles. The molecule has 1 aliphatic heterocycles. The highest BCUT2D eigenvalue weighted by Crippen LogP contribution is 2.48. The molecule has 1 aromatic rings. The molecule has 4 heteroatoms. The van der Waals surface area contributed by atoms with E-state index in [1.165, 1.54) is 12.1 Å². The number of amides is 1. The first-order valence-electron chi connectivity index (χ1n) is 6.93. The van der Waals surface area contributed by atoms with Crippen molar-refractivity contribution in [2.45, 2.75) is 18.8 Å². The van der Waals surface area contributed by atoms with Gasteiger partial charge < -0.3 is 10.6 Å². The Hall–Kier alpha value is -1.42. The smallest absolute Gasteiger partial charge is 0.226 e. The summed E-state index contributed by atoms with van der Waals surface area (Å²) < 4.78 is 12.9. The van der Waals surface area contributed by atoms with Crippen LogP contribution in [-0.2, 0) is 4.79 Å². The zero-order valence-electron chi connectivity index (χ0n) is 10.9. The van der Waals surface area contributed by atoms with Crippen LogP contribution in [0.2, 0.25) is 0 Å². The van der Waals surface area contributed by atoms with Crippen molar-refractivity contribution in [3.63, 3.8) is 0 Å². The minimum Gasteiger partial charge on any atom is -0.342 e. The van der Waals surface area contributed by atoms with Crippen molar-refractivity contribution in [2.75, 3.05) is 19.6 Å². The van der Waals surface area contributed by atoms with Crippen molar-refractivity contribution in [2.24, 2.45) is 17.6 Å². The quantitative estimate of drug-likeness (QED) is 0.902. The molecule has 3 nitrogen and oxygen atoms in total. The third-order valence-corrected chi connectivity index (χ3v) is 4.34. The fraction of sp³-hybridized carbons (Fsp3) is 0.533. The Kier molecular flexibility index (Phi) is 3.27. The number of benzene rings is 1. The first-order chi connectivity index (χ1) is 9.19. The molecule has 0 spiro atoms. The molecule has 2 N–H and O–H groups in total. The number of likely N-dealkylation sites (tertiary alicyclic amines) is 1. The average molecular weight is 262 g/mol. The number of nitrogens with zero attached hydrogens (tertiary/aromatic N) is 1. The minimum absolute atomic E-state index is 0.0991. The van der Waals surface area contributed by atoms with E-state index >= 15 is 0 Å². The zero-order valence-corrected chi connectivity index (χ0v) is 10.9. The standard InChI is InChI=1S/C15H19FN2O/c16-12-3-1-11(2-4-12)13-7-14(13)15(19)18-6-5-10(8-17)9-18/h1-4,10,13-14H,5-9,17H2/t10-,13+,14+/m0/s1. The SMILES string of the molecule is NC[C@@H]1CCN(C(=O)[C@@H]2C[C@@H]2c2ccc(F)cc2)C1. The maximum atomic E-state index is 12.9. The molecule has 0 bridgehead atoms. The summed E-state index contributed by atoms with van der Waals surface area (Å²) in [5.74, 6) is 0.877. The average Bonchev–Trinajstić information content (AvgIpc) is 3.07. The molecular weight excluding hydrogens is 243 g/mol. The molecule has 1 aromatic carbocycles. The highest BCUT2D eigenvalue weighted by atomic mass is 19.1. The second kappa shape index (κ2) is 4.93. The van der Waals surface area contributed by atoms with Gasteiger partial charge in [-0.2, -0.15) is 0 Å². The van der Waals surface area contributed by atoms with Crippen molar-refractivity contribution in [1.29, 1.82) is 0 Å². The van der Waals surface area contributed by atoms with Crippen molar-refractivity contribution in [3.8, 4) is 0 Å². The lowest BCUT2D eigenvalue weighted by Gasteiger charge is -2.16. The largest absolute Gasteiger partial charge is 0.342 e. The summed E-state index contributed by atoms with van der Waals surface area (Å²) >= 11 is 0. The minimum atomic E-state index is -0.224. The summed E-state index contributed by atoms with van der Waals surface area (Å²) in [5, 5.41) is 0. The maximum absolute atomic E-state index is 12.9. The van der Waals surface area contributed by atoms with Crippen molar-refractivity contribution >= 4 is 5.91 Å². The van der Waals surface area contributed by atoms with E-state index in [1.54, 1.807) is 12.1 Å². The second-order valence-corrected chi connectivity index (χ2v) is 5.67. The summed E-state index contributed by atoms with van der Waals surface area (Å²) in [6.07, 6.45) is 1.92. The van der Waals surface area contributed by atoms with Crippen molar-refractivity contribution in [3.05, 3.63) is 35.6 Å². The Morgan fingerprint density at radius 2 is 2.11 bits per heavy atom. The number of halogens is 1. The van der Waals surface area contributed by atoms with Crippen LogP contribution in [-0.4, -0.2) is 30.4 Å². The maximum Gasteiger partial charge on any atom is 0.226 e. The Labute approximate surface area is 112 Å². The first-order valence-corrected chi connectivity index (χ1v) is 6.93. The first kappa shape index (κ1) is 12.6. The lowest BCUT2D eigenvalue weighted by atomic mass is 10.1. The molecule has 0 aromatic heterocycles. The number of hydrogen-bond donors (Lipinski definition) is 1. The number of nitrogens with two attached hydrogens (primary N) is 1. The van der Waals surface area contributed by atoms with E-state index in [1.807, 2.05) is 4.90 Å². The van der Waals surface area contributed by atoms with E-state index in [4.69, 9.17) is 5.73 Å². The summed E-state index contributed by atoms with van der Waals surface area (Å²) in [7, 11) is 0. The van der Waals surface area contributed by atoms with Crippen LogP contribution in [0, 0.1) is 17.7 Å². The molecule has 1 saturated heterocycles. The molecular formula is C15H19FN2O. The van der Waals surface area contributed by atoms with Crippen LogP contribution >= 0.6 is 0 Å². The molecule has 0 radical (unpaired) electrons. The van der Waals surface area contributed by atoms with Crippen LogP contribution in [0.4, 0.5) is 4.39 Å². The zero-order chi connectivity index (χ0) is 13.4. The molecule has 1 aliphatic carbocycles. The Morgan fingerprint density at radius 1 is 1.37 bits per heavy atom. The van der Waals surface area contributed by atoms with Crippen LogP contribution in [0.15, 0.2) is 24.3 Å². The molecule has 3 atom stereocenters. The Bertz CT molecular complexity index is 474. The normalized spacial score (nSPS) is 29.6. The van der Waals surface area contributed by atoms with Gasteiger partial charge >= 0.3 is 0 Å². The molecule has 19 heavy (non-hydrogen) atoms. The number of carbonyl (C=O) groups excluding carboxylic acids is 1. The fourth-order valence-corrected chi connectivity index (χ4v) is 3.01. The topological polar surface area (TPSA) is 46.3 Å². The van der Waals surface area contributed by atoms with E-state index < -0.39 is 0 Å². The Balaban J connectivity index is 1.60. The van der Waals surface area contributed by atoms with Gasteiger partial charge in [-0.3, -0.25) is 4.79 Å². The molecule has 2 fully saturated rings. The third kappa shape index (κ3) is 2.50. The number of rotatable bonds is 3. The fourth-order valence-electron chi connectivity index (χ4n) is 3.01. The second-order valence-electron chi connectivity index (χ2n) is 5.67. The lowest BCUT2D eigenvalue weighted by Crippen LogP contribution is -2.31. The van der Waals surface area contributed by atoms with Gasteiger partial charge in [-0.05, 0) is 48.9 Å². The summed E-state index contributed by atoms with van der Waals surface area (Å²) in [6.45, 7) is 2.31. The van der Waals surface area contributed by atoms with Crippen LogP contribution < -0.4 is 5.73 Å². The monoisotopic (exact) mass is 262 g/mol. The van der Waals surface area contributed by atoms with Gasteiger partial charge in [-0.25, -0.2) is 4.39 Å². The van der Waals surface area contributed by atoms with Gasteiger partial charge in [0.1, 0.15) is 5.82 Å². The third-order valence-electron chi connectivity index (χ3n) is 4.34. The van der Waals surface area contributed by atoms with E-state index in [-0.39, 0.29) is 23.6 Å². The van der Waals surface area contributed by atoms with Gasteiger partial charge in [0, 0.05) is 19.0 Å². The summed E-state index contributed by atoms with van der Waals surface area (Å²) in [4.78, 5) is 14.3. The summed E-state index contributed by atoms with van der Waals surface area (Å²) in [6, 6.07) is 6.52. The van der Waals surface area contributed by atoms with Crippen LogP contribution in [0.5, 0.6) is 0 Å². The van der Waals surface area contributed by atoms with Crippen LogP contribution in [0.25, 0.3) is 0 Å². The molecule has 3 rings (SSSR count). The van der Waals surface area contributed by atoms with E-state index in [9.17, 15) is 9.18 Å². The van der Waals surface area contributed by atoms with Crippen molar-refractivity contribution < 1.29 is 9.18 Å². The predicted octanol–water partition coefficient (Wildman–Crippen LogP) is 1.74. The van der Waals surface area contributed by atoms with Crippen LogP contribution in [0.3, 0.4) is 0 Å². The molecule has 1 heterocycles. The summed E-state index contributed by atoms with van der Waals surface area (Å²) in [5.41, 5.74) is 6.73. The van der Waals surface area contributed by atoms with E-state index in [2.05, 4.69) is 0 Å². The predicted molar refractivity (Wildman–Crippen MR) is 71.0 cm³/mol. The van der Waals surface area contributed by atoms with Gasteiger partial charge in [0.05, 0.1) is 0 Å². The molecule has 1 amide bonds. The Morgan fingerprint density at radius 3 is 2.74 bits per heavy atom. The van der Waals surface area contributed by atoms with E-state index in [0.29, 0.717) is 12.5 Å². The van der Waals surface area contributed by atoms with Gasteiger partial charge in [-0.1, -0.05) is 12.1 Å². The van der Waals surface area contributed by atoms with Crippen molar-refractivity contribution in [1.82, 2.24) is 4.90 Å². The lowest BCUT2D eigenvalue weighted by molar-refractivity contribution is -0.131. The van der Waals surface area contributed by atoms with Gasteiger partial charge in [0.15, 0.2) is 0 Å². The van der Waals surface area contributed by atoms with Crippen LogP contribution in [0.1, 0.15) is 24.3 Å². The number of carbonyl (C=O) groups is 1. The highest BCUT2D eigenvalue weighted by Gasteiger charge is 2.46. The molecule has 2 aliphatic rings. The molecule has 0 unspecified atom stereocenters. The van der Waals surface area contributed by atoms with E-state index in [0.717, 1.165) is 31.5 Å².